The molecule has 2 aliphatic rings. The van der Waals surface area contributed by atoms with Crippen molar-refractivity contribution in [2.45, 2.75) is 37.8 Å². The SMILES string of the molecule is COC(=O)CS(=O)(=O)N1CCCC1C1CCCN1. The van der Waals surface area contributed by atoms with Gasteiger partial charge in [0.05, 0.1) is 7.11 Å². The average molecular weight is 276 g/mol. The molecule has 104 valence electrons. The summed E-state index contributed by atoms with van der Waals surface area (Å²) in [6.45, 7) is 1.47. The van der Waals surface area contributed by atoms with Crippen LogP contribution in [0.2, 0.25) is 0 Å². The first kappa shape index (κ1) is 13.8. The zero-order chi connectivity index (χ0) is 13.2. The Morgan fingerprint density at radius 1 is 1.39 bits per heavy atom. The largest absolute Gasteiger partial charge is 0.468 e. The molecule has 6 nitrogen and oxygen atoms in total. The second-order valence-electron chi connectivity index (χ2n) is 4.86. The van der Waals surface area contributed by atoms with Crippen LogP contribution < -0.4 is 5.32 Å². The van der Waals surface area contributed by atoms with Gasteiger partial charge in [0, 0.05) is 18.6 Å². The summed E-state index contributed by atoms with van der Waals surface area (Å²) in [4.78, 5) is 11.2. The first-order chi connectivity index (χ1) is 8.54. The Morgan fingerprint density at radius 2 is 2.17 bits per heavy atom. The minimum atomic E-state index is -3.54. The maximum absolute atomic E-state index is 12.2. The quantitative estimate of drug-likeness (QED) is 0.714. The minimum Gasteiger partial charge on any atom is -0.468 e. The summed E-state index contributed by atoms with van der Waals surface area (Å²) in [5, 5.41) is 3.35. The van der Waals surface area contributed by atoms with Crippen LogP contribution in [0.5, 0.6) is 0 Å². The topological polar surface area (TPSA) is 75.7 Å². The van der Waals surface area contributed by atoms with Crippen molar-refractivity contribution < 1.29 is 17.9 Å². The van der Waals surface area contributed by atoms with Crippen LogP contribution in [0.25, 0.3) is 0 Å². The van der Waals surface area contributed by atoms with E-state index in [1.54, 1.807) is 0 Å². The highest BCUT2D eigenvalue weighted by molar-refractivity contribution is 7.89. The van der Waals surface area contributed by atoms with Crippen LogP contribution in [0.4, 0.5) is 0 Å². The Labute approximate surface area is 108 Å². The van der Waals surface area contributed by atoms with Crippen LogP contribution in [0.1, 0.15) is 25.7 Å². The van der Waals surface area contributed by atoms with Gasteiger partial charge in [-0.3, -0.25) is 4.79 Å². The van der Waals surface area contributed by atoms with Gasteiger partial charge in [-0.1, -0.05) is 0 Å². The molecule has 2 fully saturated rings. The predicted molar refractivity (Wildman–Crippen MR) is 66.6 cm³/mol. The standard InChI is InChI=1S/C11H20N2O4S/c1-17-11(14)8-18(15,16)13-7-3-5-10(13)9-4-2-6-12-9/h9-10,12H,2-8H2,1H3. The Kier molecular flexibility index (Phi) is 4.24. The highest BCUT2D eigenvalue weighted by atomic mass is 32.2. The van der Waals surface area contributed by atoms with Gasteiger partial charge < -0.3 is 10.1 Å². The van der Waals surface area contributed by atoms with Crippen LogP contribution in [0.15, 0.2) is 0 Å². The van der Waals surface area contributed by atoms with Crippen LogP contribution in [-0.4, -0.2) is 56.7 Å². The Hall–Kier alpha value is -0.660. The van der Waals surface area contributed by atoms with E-state index in [2.05, 4.69) is 10.1 Å². The number of ether oxygens (including phenoxy) is 1. The lowest BCUT2D eigenvalue weighted by atomic mass is 10.1. The third-order valence-electron chi connectivity index (χ3n) is 3.70. The molecule has 0 aromatic rings. The van der Waals surface area contributed by atoms with Gasteiger partial charge in [0.25, 0.3) is 0 Å². The van der Waals surface area contributed by atoms with Gasteiger partial charge in [-0.15, -0.1) is 0 Å². The van der Waals surface area contributed by atoms with Crippen LogP contribution >= 0.6 is 0 Å². The number of rotatable bonds is 4. The highest BCUT2D eigenvalue weighted by Crippen LogP contribution is 2.27. The van der Waals surface area contributed by atoms with Crippen molar-refractivity contribution in [1.82, 2.24) is 9.62 Å². The summed E-state index contributed by atoms with van der Waals surface area (Å²) in [7, 11) is -2.33. The van der Waals surface area contributed by atoms with Gasteiger partial charge in [0.2, 0.25) is 10.0 Å². The monoisotopic (exact) mass is 276 g/mol. The summed E-state index contributed by atoms with van der Waals surface area (Å²) in [6.07, 6.45) is 3.84. The highest BCUT2D eigenvalue weighted by Gasteiger charge is 2.40. The van der Waals surface area contributed by atoms with Crippen molar-refractivity contribution in [2.24, 2.45) is 0 Å². The average Bonchev–Trinajstić information content (AvgIpc) is 2.98. The minimum absolute atomic E-state index is 0.00200. The Morgan fingerprint density at radius 3 is 2.78 bits per heavy atom. The normalized spacial score (nSPS) is 29.6. The molecule has 2 heterocycles. The van der Waals surface area contributed by atoms with E-state index in [-0.39, 0.29) is 12.1 Å². The lowest BCUT2D eigenvalue weighted by Gasteiger charge is -2.28. The van der Waals surface area contributed by atoms with Crippen molar-refractivity contribution in [1.29, 1.82) is 0 Å². The molecule has 2 unspecified atom stereocenters. The molecule has 0 radical (unpaired) electrons. The van der Waals surface area contributed by atoms with Crippen LogP contribution in [-0.2, 0) is 19.6 Å². The Bertz CT molecular complexity index is 403. The van der Waals surface area contributed by atoms with Crippen molar-refractivity contribution >= 4 is 16.0 Å². The lowest BCUT2D eigenvalue weighted by Crippen LogP contribution is -2.48. The van der Waals surface area contributed by atoms with Gasteiger partial charge in [-0.2, -0.15) is 4.31 Å². The van der Waals surface area contributed by atoms with E-state index in [0.29, 0.717) is 6.54 Å². The summed E-state index contributed by atoms with van der Waals surface area (Å²) in [5.41, 5.74) is 0. The number of sulfonamides is 1. The molecule has 18 heavy (non-hydrogen) atoms. The zero-order valence-electron chi connectivity index (χ0n) is 10.6. The number of nitrogens with zero attached hydrogens (tertiary/aromatic N) is 1. The predicted octanol–water partition coefficient (Wildman–Crippen LogP) is -0.294. The fourth-order valence-electron chi connectivity index (χ4n) is 2.84. The molecule has 2 saturated heterocycles. The summed E-state index contributed by atoms with van der Waals surface area (Å²) in [5.74, 6) is -1.24. The molecule has 2 rings (SSSR count). The summed E-state index contributed by atoms with van der Waals surface area (Å²) < 4.78 is 30.3. The molecule has 2 atom stereocenters. The molecule has 0 saturated carbocycles. The van der Waals surface area contributed by atoms with Gasteiger partial charge in [0.15, 0.2) is 5.75 Å². The van der Waals surface area contributed by atoms with Gasteiger partial charge in [-0.25, -0.2) is 8.42 Å². The maximum Gasteiger partial charge on any atom is 0.322 e. The molecule has 0 aromatic carbocycles. The van der Waals surface area contributed by atoms with Crippen LogP contribution in [0.3, 0.4) is 0 Å². The molecule has 0 aliphatic carbocycles. The first-order valence-electron chi connectivity index (χ1n) is 6.34. The van der Waals surface area contributed by atoms with E-state index >= 15 is 0 Å². The third-order valence-corrected chi connectivity index (χ3v) is 5.46. The van der Waals surface area contributed by atoms with Gasteiger partial charge in [0.1, 0.15) is 0 Å². The molecule has 0 bridgehead atoms. The van der Waals surface area contributed by atoms with Crippen LogP contribution in [0, 0.1) is 0 Å². The molecule has 0 aromatic heterocycles. The van der Waals surface area contributed by atoms with Crippen molar-refractivity contribution in [3.05, 3.63) is 0 Å². The molecule has 0 spiro atoms. The molecule has 0 amide bonds. The zero-order valence-corrected chi connectivity index (χ0v) is 11.4. The molecule has 7 heteroatoms. The number of hydrogen-bond donors (Lipinski definition) is 1. The smallest absolute Gasteiger partial charge is 0.322 e. The maximum atomic E-state index is 12.2. The fraction of sp³-hybridized carbons (Fsp3) is 0.909. The number of carbonyl (C=O) groups excluding carboxylic acids is 1. The number of hydrogen-bond acceptors (Lipinski definition) is 5. The van der Waals surface area contributed by atoms with Gasteiger partial charge >= 0.3 is 5.97 Å². The third kappa shape index (κ3) is 2.84. The Balaban J connectivity index is 2.08. The van der Waals surface area contributed by atoms with E-state index in [4.69, 9.17) is 0 Å². The van der Waals surface area contributed by atoms with E-state index in [9.17, 15) is 13.2 Å². The molecular weight excluding hydrogens is 256 g/mol. The number of carbonyl (C=O) groups is 1. The second-order valence-corrected chi connectivity index (χ2v) is 6.78. The number of esters is 1. The second kappa shape index (κ2) is 5.54. The number of methoxy groups -OCH3 is 1. The first-order valence-corrected chi connectivity index (χ1v) is 7.95. The molecule has 1 N–H and O–H groups in total. The van der Waals surface area contributed by atoms with Crippen molar-refractivity contribution in [3.63, 3.8) is 0 Å². The van der Waals surface area contributed by atoms with E-state index in [1.807, 2.05) is 0 Å². The van der Waals surface area contributed by atoms with E-state index in [1.165, 1.54) is 11.4 Å². The van der Waals surface area contributed by atoms with Gasteiger partial charge in [-0.05, 0) is 32.2 Å². The molecular formula is C11H20N2O4S. The lowest BCUT2D eigenvalue weighted by molar-refractivity contribution is -0.137. The molecule has 2 aliphatic heterocycles. The fourth-order valence-corrected chi connectivity index (χ4v) is 4.50. The van der Waals surface area contributed by atoms with Crippen molar-refractivity contribution in [3.8, 4) is 0 Å². The van der Waals surface area contributed by atoms with E-state index in [0.717, 1.165) is 32.2 Å². The summed E-state index contributed by atoms with van der Waals surface area (Å²) >= 11 is 0. The van der Waals surface area contributed by atoms with Crippen molar-refractivity contribution in [2.75, 3.05) is 26.0 Å². The summed E-state index contributed by atoms with van der Waals surface area (Å²) in [6, 6.07) is 0.238. The number of nitrogens with one attached hydrogen (secondary N) is 1. The van der Waals surface area contributed by atoms with E-state index < -0.39 is 21.7 Å².